The lowest BCUT2D eigenvalue weighted by atomic mass is 9.91. The first-order valence-corrected chi connectivity index (χ1v) is 8.12. The molecule has 124 valence electrons. The van der Waals surface area contributed by atoms with E-state index in [-0.39, 0.29) is 24.8 Å². The zero-order valence-corrected chi connectivity index (χ0v) is 13.2. The number of amides is 2. The molecule has 2 saturated heterocycles. The van der Waals surface area contributed by atoms with Gasteiger partial charge in [-0.1, -0.05) is 30.3 Å². The van der Waals surface area contributed by atoms with E-state index in [1.807, 2.05) is 18.2 Å². The lowest BCUT2D eigenvalue weighted by Gasteiger charge is -2.47. The van der Waals surface area contributed by atoms with Crippen molar-refractivity contribution in [3.63, 3.8) is 0 Å². The summed E-state index contributed by atoms with van der Waals surface area (Å²) in [6.45, 7) is 2.87. The number of rotatable bonds is 4. The van der Waals surface area contributed by atoms with Gasteiger partial charge in [-0.15, -0.1) is 0 Å². The first kappa shape index (κ1) is 16.0. The molecule has 1 unspecified atom stereocenters. The van der Waals surface area contributed by atoms with E-state index < -0.39 is 5.54 Å². The van der Waals surface area contributed by atoms with Crippen molar-refractivity contribution in [2.75, 3.05) is 32.8 Å². The van der Waals surface area contributed by atoms with E-state index in [9.17, 15) is 9.59 Å². The van der Waals surface area contributed by atoms with Crippen LogP contribution in [0.25, 0.3) is 0 Å². The highest BCUT2D eigenvalue weighted by molar-refractivity contribution is 5.90. The monoisotopic (exact) mass is 317 g/mol. The SMILES string of the molecule is O=C(CCO)N1CCN(Cc2ccccc2)C2(CCNC2=O)C1. The summed E-state index contributed by atoms with van der Waals surface area (Å²) in [5.41, 5.74) is 0.529. The van der Waals surface area contributed by atoms with Crippen LogP contribution in [0, 0.1) is 0 Å². The average molecular weight is 317 g/mol. The Balaban J connectivity index is 1.80. The molecule has 2 fully saturated rings. The molecule has 1 spiro atoms. The van der Waals surface area contributed by atoms with Gasteiger partial charge in [0.1, 0.15) is 5.54 Å². The van der Waals surface area contributed by atoms with Crippen LogP contribution in [-0.4, -0.2) is 65.0 Å². The van der Waals surface area contributed by atoms with Crippen LogP contribution in [-0.2, 0) is 16.1 Å². The summed E-state index contributed by atoms with van der Waals surface area (Å²) in [6.07, 6.45) is 0.831. The van der Waals surface area contributed by atoms with Gasteiger partial charge in [0, 0.05) is 39.1 Å². The van der Waals surface area contributed by atoms with Crippen molar-refractivity contribution >= 4 is 11.8 Å². The molecule has 2 aliphatic heterocycles. The molecule has 1 aromatic rings. The molecule has 2 N–H and O–H groups in total. The van der Waals surface area contributed by atoms with E-state index in [1.165, 1.54) is 5.56 Å². The first-order valence-electron chi connectivity index (χ1n) is 8.12. The molecule has 0 aromatic heterocycles. The van der Waals surface area contributed by atoms with Crippen molar-refractivity contribution in [2.45, 2.75) is 24.9 Å². The number of hydrogen-bond donors (Lipinski definition) is 2. The maximum absolute atomic E-state index is 12.5. The Labute approximate surface area is 136 Å². The molecule has 2 aliphatic rings. The van der Waals surface area contributed by atoms with Crippen LogP contribution in [0.2, 0.25) is 0 Å². The zero-order valence-electron chi connectivity index (χ0n) is 13.2. The summed E-state index contributed by atoms with van der Waals surface area (Å²) in [6, 6.07) is 10.1. The van der Waals surface area contributed by atoms with E-state index in [2.05, 4.69) is 22.3 Å². The minimum absolute atomic E-state index is 0.00919. The molecule has 3 rings (SSSR count). The third-order valence-electron chi connectivity index (χ3n) is 4.84. The largest absolute Gasteiger partial charge is 0.396 e. The maximum atomic E-state index is 12.5. The topological polar surface area (TPSA) is 72.9 Å². The van der Waals surface area contributed by atoms with Gasteiger partial charge in [-0.25, -0.2) is 0 Å². The molecule has 0 aliphatic carbocycles. The van der Waals surface area contributed by atoms with Crippen LogP contribution in [0.5, 0.6) is 0 Å². The van der Waals surface area contributed by atoms with Crippen molar-refractivity contribution < 1.29 is 14.7 Å². The summed E-state index contributed by atoms with van der Waals surface area (Å²) >= 11 is 0. The maximum Gasteiger partial charge on any atom is 0.242 e. The molecule has 0 bridgehead atoms. The van der Waals surface area contributed by atoms with Crippen LogP contribution in [0.3, 0.4) is 0 Å². The Kier molecular flexibility index (Phi) is 4.63. The Morgan fingerprint density at radius 3 is 2.70 bits per heavy atom. The number of aliphatic hydroxyl groups is 1. The fraction of sp³-hybridized carbons (Fsp3) is 0.529. The van der Waals surface area contributed by atoms with Gasteiger partial charge in [0.2, 0.25) is 11.8 Å². The Morgan fingerprint density at radius 1 is 1.26 bits per heavy atom. The Bertz CT molecular complexity index is 578. The highest BCUT2D eigenvalue weighted by Crippen LogP contribution is 2.31. The fourth-order valence-electron chi connectivity index (χ4n) is 3.56. The second-order valence-electron chi connectivity index (χ2n) is 6.23. The summed E-state index contributed by atoms with van der Waals surface area (Å²) in [5.74, 6) is -0.0686. The highest BCUT2D eigenvalue weighted by Gasteiger charge is 2.51. The molecule has 1 aromatic carbocycles. The number of hydrogen-bond acceptors (Lipinski definition) is 4. The van der Waals surface area contributed by atoms with Crippen LogP contribution < -0.4 is 5.32 Å². The number of carbonyl (C=O) groups excluding carboxylic acids is 2. The van der Waals surface area contributed by atoms with E-state index in [1.54, 1.807) is 4.90 Å². The number of piperazine rings is 1. The van der Waals surface area contributed by atoms with Crippen LogP contribution in [0.15, 0.2) is 30.3 Å². The third-order valence-corrected chi connectivity index (χ3v) is 4.84. The molecule has 6 nitrogen and oxygen atoms in total. The number of nitrogens with zero attached hydrogens (tertiary/aromatic N) is 2. The van der Waals surface area contributed by atoms with Crippen molar-refractivity contribution in [2.24, 2.45) is 0 Å². The fourth-order valence-corrected chi connectivity index (χ4v) is 3.56. The van der Waals surface area contributed by atoms with Gasteiger partial charge in [0.05, 0.1) is 6.61 Å². The standard InChI is InChI=1S/C17H23N3O3/c21-11-6-15(22)19-9-10-20(12-14-4-2-1-3-5-14)17(13-19)7-8-18-16(17)23/h1-5,21H,6-13H2,(H,18,23). The quantitative estimate of drug-likeness (QED) is 0.818. The molecular weight excluding hydrogens is 294 g/mol. The molecule has 0 saturated carbocycles. The highest BCUT2D eigenvalue weighted by atomic mass is 16.3. The number of aliphatic hydroxyl groups excluding tert-OH is 1. The summed E-state index contributed by atoms with van der Waals surface area (Å²) in [7, 11) is 0. The third kappa shape index (κ3) is 3.09. The van der Waals surface area contributed by atoms with Crippen molar-refractivity contribution in [1.82, 2.24) is 15.1 Å². The molecule has 2 amide bonds. The van der Waals surface area contributed by atoms with Crippen LogP contribution in [0.4, 0.5) is 0 Å². The van der Waals surface area contributed by atoms with Gasteiger partial charge in [-0.05, 0) is 12.0 Å². The number of benzene rings is 1. The van der Waals surface area contributed by atoms with Gasteiger partial charge in [0.15, 0.2) is 0 Å². The molecule has 2 heterocycles. The molecule has 6 heteroatoms. The van der Waals surface area contributed by atoms with Gasteiger partial charge < -0.3 is 15.3 Å². The van der Waals surface area contributed by atoms with Gasteiger partial charge in [-0.3, -0.25) is 14.5 Å². The van der Waals surface area contributed by atoms with Gasteiger partial charge in [0.25, 0.3) is 0 Å². The molecule has 23 heavy (non-hydrogen) atoms. The lowest BCUT2D eigenvalue weighted by Crippen LogP contribution is -2.65. The summed E-state index contributed by atoms with van der Waals surface area (Å²) in [5, 5.41) is 11.9. The van der Waals surface area contributed by atoms with Crippen molar-refractivity contribution in [3.05, 3.63) is 35.9 Å². The Hall–Kier alpha value is -1.92. The normalized spacial score (nSPS) is 24.9. The molecule has 0 radical (unpaired) electrons. The predicted molar refractivity (Wildman–Crippen MR) is 85.5 cm³/mol. The van der Waals surface area contributed by atoms with Crippen LogP contribution in [0.1, 0.15) is 18.4 Å². The van der Waals surface area contributed by atoms with E-state index in [0.717, 1.165) is 0 Å². The molecular formula is C17H23N3O3. The van der Waals surface area contributed by atoms with Crippen LogP contribution >= 0.6 is 0 Å². The number of nitrogens with one attached hydrogen (secondary N) is 1. The first-order chi connectivity index (χ1) is 11.2. The van der Waals surface area contributed by atoms with E-state index >= 15 is 0 Å². The average Bonchev–Trinajstić information content (AvgIpc) is 2.92. The van der Waals surface area contributed by atoms with Gasteiger partial charge in [-0.2, -0.15) is 0 Å². The number of carbonyl (C=O) groups is 2. The predicted octanol–water partition coefficient (Wildman–Crippen LogP) is -0.0281. The van der Waals surface area contributed by atoms with E-state index in [4.69, 9.17) is 5.11 Å². The Morgan fingerprint density at radius 2 is 2.04 bits per heavy atom. The summed E-state index contributed by atoms with van der Waals surface area (Å²) < 4.78 is 0. The zero-order chi connectivity index (χ0) is 16.3. The lowest BCUT2D eigenvalue weighted by molar-refractivity contribution is -0.144. The second kappa shape index (κ2) is 6.68. The van der Waals surface area contributed by atoms with E-state index in [0.29, 0.717) is 39.1 Å². The summed E-state index contributed by atoms with van der Waals surface area (Å²) in [4.78, 5) is 28.6. The minimum atomic E-state index is -0.640. The minimum Gasteiger partial charge on any atom is -0.396 e. The smallest absolute Gasteiger partial charge is 0.242 e. The van der Waals surface area contributed by atoms with Crippen molar-refractivity contribution in [3.8, 4) is 0 Å². The van der Waals surface area contributed by atoms with Crippen molar-refractivity contribution in [1.29, 1.82) is 0 Å². The molecule has 1 atom stereocenters. The second-order valence-corrected chi connectivity index (χ2v) is 6.23. The van der Waals surface area contributed by atoms with Gasteiger partial charge >= 0.3 is 0 Å².